The van der Waals surface area contributed by atoms with Gasteiger partial charge >= 0.3 is 0 Å². The Kier molecular flexibility index (Phi) is 1.65. The lowest BCUT2D eigenvalue weighted by Gasteiger charge is -2.07. The summed E-state index contributed by atoms with van der Waals surface area (Å²) in [5.41, 5.74) is 1.09. The molecule has 1 aromatic carbocycles. The van der Waals surface area contributed by atoms with Crippen LogP contribution in [0.15, 0.2) is 30.5 Å². The van der Waals surface area contributed by atoms with E-state index in [2.05, 4.69) is 38.3 Å². The van der Waals surface area contributed by atoms with E-state index >= 15 is 0 Å². The normalized spacial score (nSPS) is 18.4. The second kappa shape index (κ2) is 2.76. The maximum absolute atomic E-state index is 4.24. The summed E-state index contributed by atoms with van der Waals surface area (Å²) >= 11 is 3.72. The number of fused-ring (bicyclic) bond motifs is 1. The third-order valence-corrected chi connectivity index (χ3v) is 3.85. The standard InChI is InChI=1S/C11H9BrN2/c12-11(5-6-11)10-9-4-2-1-3-8(9)7-13-14-10/h1-4,7H,5-6H2. The van der Waals surface area contributed by atoms with Crippen LogP contribution in [0.1, 0.15) is 18.5 Å². The number of rotatable bonds is 1. The van der Waals surface area contributed by atoms with Crippen LogP contribution >= 0.6 is 15.9 Å². The number of halogens is 1. The van der Waals surface area contributed by atoms with Crippen LogP contribution in [0.3, 0.4) is 0 Å². The van der Waals surface area contributed by atoms with Crippen molar-refractivity contribution in [1.82, 2.24) is 10.2 Å². The van der Waals surface area contributed by atoms with Gasteiger partial charge in [0.25, 0.3) is 0 Å². The summed E-state index contributed by atoms with van der Waals surface area (Å²) in [7, 11) is 0. The Hall–Kier alpha value is -0.960. The predicted octanol–water partition coefficient (Wildman–Crippen LogP) is 3.01. The van der Waals surface area contributed by atoms with Gasteiger partial charge in [-0.1, -0.05) is 40.2 Å². The fourth-order valence-electron chi connectivity index (χ4n) is 1.71. The van der Waals surface area contributed by atoms with Crippen molar-refractivity contribution in [1.29, 1.82) is 0 Å². The van der Waals surface area contributed by atoms with Crippen molar-refractivity contribution in [3.8, 4) is 0 Å². The fourth-order valence-corrected chi connectivity index (χ4v) is 2.20. The Balaban J connectivity index is 2.33. The van der Waals surface area contributed by atoms with Crippen molar-refractivity contribution in [3.63, 3.8) is 0 Å². The molecule has 0 aliphatic heterocycles. The van der Waals surface area contributed by atoms with Crippen molar-refractivity contribution in [2.45, 2.75) is 17.2 Å². The van der Waals surface area contributed by atoms with Crippen LogP contribution in [0, 0.1) is 0 Å². The van der Waals surface area contributed by atoms with Crippen molar-refractivity contribution >= 4 is 26.7 Å². The second-order valence-electron chi connectivity index (χ2n) is 3.75. The molecule has 1 aromatic heterocycles. The molecule has 0 unspecified atom stereocenters. The lowest BCUT2D eigenvalue weighted by molar-refractivity contribution is 0.902. The Morgan fingerprint density at radius 1 is 1.21 bits per heavy atom. The summed E-state index contributed by atoms with van der Waals surface area (Å²) < 4.78 is 0.112. The van der Waals surface area contributed by atoms with Gasteiger partial charge in [-0.3, -0.25) is 0 Å². The van der Waals surface area contributed by atoms with Gasteiger partial charge in [0, 0.05) is 10.8 Å². The maximum Gasteiger partial charge on any atom is 0.0876 e. The highest BCUT2D eigenvalue weighted by Crippen LogP contribution is 2.54. The highest BCUT2D eigenvalue weighted by Gasteiger charge is 2.44. The molecule has 0 saturated heterocycles. The van der Waals surface area contributed by atoms with Crippen LogP contribution in [0.2, 0.25) is 0 Å². The average Bonchev–Trinajstić information content (AvgIpc) is 2.97. The van der Waals surface area contributed by atoms with Crippen LogP contribution in [0.5, 0.6) is 0 Å². The molecule has 0 atom stereocenters. The first-order chi connectivity index (χ1) is 6.80. The zero-order valence-electron chi connectivity index (χ0n) is 7.57. The summed E-state index contributed by atoms with van der Waals surface area (Å²) in [5, 5.41) is 10.7. The lowest BCUT2D eigenvalue weighted by Crippen LogP contribution is -2.02. The zero-order valence-corrected chi connectivity index (χ0v) is 9.16. The first kappa shape index (κ1) is 8.36. The number of hydrogen-bond donors (Lipinski definition) is 0. The molecule has 1 heterocycles. The van der Waals surface area contributed by atoms with Gasteiger partial charge in [-0.05, 0) is 12.8 Å². The van der Waals surface area contributed by atoms with E-state index in [9.17, 15) is 0 Å². The van der Waals surface area contributed by atoms with Gasteiger partial charge in [-0.2, -0.15) is 10.2 Å². The number of benzene rings is 1. The molecule has 0 spiro atoms. The van der Waals surface area contributed by atoms with Gasteiger partial charge in [0.15, 0.2) is 0 Å². The van der Waals surface area contributed by atoms with Gasteiger partial charge < -0.3 is 0 Å². The van der Waals surface area contributed by atoms with Gasteiger partial charge in [0.05, 0.1) is 16.2 Å². The number of alkyl halides is 1. The van der Waals surface area contributed by atoms with Crippen molar-refractivity contribution in [3.05, 3.63) is 36.2 Å². The largest absolute Gasteiger partial charge is 0.158 e. The van der Waals surface area contributed by atoms with Crippen molar-refractivity contribution in [2.24, 2.45) is 0 Å². The first-order valence-corrected chi connectivity index (χ1v) is 5.49. The Bertz CT molecular complexity index is 486. The van der Waals surface area contributed by atoms with Crippen LogP contribution in [0.25, 0.3) is 10.8 Å². The van der Waals surface area contributed by atoms with E-state index in [4.69, 9.17) is 0 Å². The molecule has 1 saturated carbocycles. The van der Waals surface area contributed by atoms with E-state index in [1.54, 1.807) is 0 Å². The molecule has 70 valence electrons. The predicted molar refractivity (Wildman–Crippen MR) is 59.4 cm³/mol. The molecule has 2 nitrogen and oxygen atoms in total. The van der Waals surface area contributed by atoms with Crippen molar-refractivity contribution < 1.29 is 0 Å². The molecule has 1 fully saturated rings. The molecular formula is C11H9BrN2. The molecule has 0 N–H and O–H groups in total. The monoisotopic (exact) mass is 248 g/mol. The van der Waals surface area contributed by atoms with E-state index in [0.29, 0.717) is 0 Å². The van der Waals surface area contributed by atoms with Crippen molar-refractivity contribution in [2.75, 3.05) is 0 Å². The summed E-state index contributed by atoms with van der Waals surface area (Å²) in [6.45, 7) is 0. The molecule has 1 aliphatic carbocycles. The Labute approximate surface area is 90.5 Å². The first-order valence-electron chi connectivity index (χ1n) is 4.69. The van der Waals surface area contributed by atoms with Gasteiger partial charge in [-0.25, -0.2) is 0 Å². The van der Waals surface area contributed by atoms with E-state index in [-0.39, 0.29) is 4.32 Å². The van der Waals surface area contributed by atoms with E-state index in [0.717, 1.165) is 18.5 Å². The summed E-state index contributed by atoms with van der Waals surface area (Å²) in [5.74, 6) is 0. The summed E-state index contributed by atoms with van der Waals surface area (Å²) in [4.78, 5) is 0. The molecule has 14 heavy (non-hydrogen) atoms. The topological polar surface area (TPSA) is 25.8 Å². The minimum absolute atomic E-state index is 0.112. The zero-order chi connectivity index (χ0) is 9.60. The summed E-state index contributed by atoms with van der Waals surface area (Å²) in [6.07, 6.45) is 4.14. The third-order valence-electron chi connectivity index (χ3n) is 2.68. The SMILES string of the molecule is BrC1(c2nncc3ccccc23)CC1. The lowest BCUT2D eigenvalue weighted by atomic mass is 10.1. The highest BCUT2D eigenvalue weighted by molar-refractivity contribution is 9.09. The average molecular weight is 249 g/mol. The second-order valence-corrected chi connectivity index (χ2v) is 5.26. The third kappa shape index (κ3) is 1.16. The summed E-state index contributed by atoms with van der Waals surface area (Å²) in [6, 6.07) is 8.26. The molecule has 0 bridgehead atoms. The van der Waals surface area contributed by atoms with Crippen LogP contribution < -0.4 is 0 Å². The van der Waals surface area contributed by atoms with Gasteiger partial charge in [0.2, 0.25) is 0 Å². The van der Waals surface area contributed by atoms with Gasteiger partial charge in [0.1, 0.15) is 0 Å². The molecule has 3 heteroatoms. The quantitative estimate of drug-likeness (QED) is 0.726. The Morgan fingerprint density at radius 2 is 2.00 bits per heavy atom. The Morgan fingerprint density at radius 3 is 2.79 bits per heavy atom. The maximum atomic E-state index is 4.24. The van der Waals surface area contributed by atoms with E-state index in [1.807, 2.05) is 18.3 Å². The highest BCUT2D eigenvalue weighted by atomic mass is 79.9. The van der Waals surface area contributed by atoms with Crippen LogP contribution in [0.4, 0.5) is 0 Å². The fraction of sp³-hybridized carbons (Fsp3) is 0.273. The minimum atomic E-state index is 0.112. The molecule has 1 aliphatic rings. The number of aromatic nitrogens is 2. The van der Waals surface area contributed by atoms with E-state index in [1.165, 1.54) is 10.8 Å². The van der Waals surface area contributed by atoms with Gasteiger partial charge in [-0.15, -0.1) is 0 Å². The number of hydrogen-bond acceptors (Lipinski definition) is 2. The molecule has 0 amide bonds. The van der Waals surface area contributed by atoms with E-state index < -0.39 is 0 Å². The number of nitrogens with zero attached hydrogens (tertiary/aromatic N) is 2. The minimum Gasteiger partial charge on any atom is -0.158 e. The van der Waals surface area contributed by atoms with Crippen LogP contribution in [-0.4, -0.2) is 10.2 Å². The molecular weight excluding hydrogens is 240 g/mol. The van der Waals surface area contributed by atoms with Crippen LogP contribution in [-0.2, 0) is 4.32 Å². The molecule has 3 rings (SSSR count). The molecule has 0 radical (unpaired) electrons. The smallest absolute Gasteiger partial charge is 0.0876 e. The molecule has 2 aromatic rings.